The van der Waals surface area contributed by atoms with Gasteiger partial charge in [-0.3, -0.25) is 4.79 Å². The van der Waals surface area contributed by atoms with Gasteiger partial charge in [-0.15, -0.1) is 0 Å². The zero-order chi connectivity index (χ0) is 11.5. The average Bonchev–Trinajstić information content (AvgIpc) is 2.11. The summed E-state index contributed by atoms with van der Waals surface area (Å²) in [6, 6.07) is -0.397. The molecule has 0 aromatic rings. The lowest BCUT2D eigenvalue weighted by Crippen LogP contribution is -2.47. The van der Waals surface area contributed by atoms with Crippen LogP contribution in [0, 0.1) is 5.41 Å². The topological polar surface area (TPSA) is 78.9 Å². The van der Waals surface area contributed by atoms with Gasteiger partial charge in [0.25, 0.3) is 0 Å². The van der Waals surface area contributed by atoms with Crippen molar-refractivity contribution in [2.75, 3.05) is 7.05 Å². The maximum Gasteiger partial charge on any atom is 0.228 e. The molecule has 0 rings (SSSR count). The van der Waals surface area contributed by atoms with Gasteiger partial charge in [-0.2, -0.15) is 0 Å². The number of nitrogens with two attached hydrogens (primary N) is 1. The highest BCUT2D eigenvalue weighted by Gasteiger charge is 2.28. The van der Waals surface area contributed by atoms with Gasteiger partial charge in [-0.05, 0) is 6.92 Å². The second-order valence-electron chi connectivity index (χ2n) is 4.37. The van der Waals surface area contributed by atoms with Crippen LogP contribution in [-0.4, -0.2) is 34.9 Å². The predicted molar refractivity (Wildman–Crippen MR) is 55.1 cm³/mol. The normalized spacial score (nSPS) is 15.1. The molecule has 0 radical (unpaired) electrons. The third-order valence-corrected chi connectivity index (χ3v) is 2.09. The molecule has 0 aliphatic carbocycles. The number of nitrogens with zero attached hydrogens (tertiary/aromatic N) is 2. The fourth-order valence-electron chi connectivity index (χ4n) is 0.987. The third kappa shape index (κ3) is 2.90. The minimum atomic E-state index is -0.460. The predicted octanol–water partition coefficient (Wildman–Crippen LogP) is 0.626. The first-order valence-electron chi connectivity index (χ1n) is 4.46. The fraction of sp³-hybridized carbons (Fsp3) is 0.778. The lowest BCUT2D eigenvalue weighted by atomic mass is 9.94. The first-order chi connectivity index (χ1) is 6.21. The van der Waals surface area contributed by atoms with Crippen molar-refractivity contribution in [3.05, 3.63) is 0 Å². The number of rotatable bonds is 2. The Morgan fingerprint density at radius 1 is 1.50 bits per heavy atom. The Morgan fingerprint density at radius 3 is 2.21 bits per heavy atom. The maximum absolute atomic E-state index is 11.8. The highest BCUT2D eigenvalue weighted by atomic mass is 16.4. The number of likely N-dealkylation sites (N-methyl/N-ethyl adjacent to an activating group) is 1. The number of amides is 1. The lowest BCUT2D eigenvalue weighted by Gasteiger charge is -2.30. The molecule has 0 aliphatic rings. The van der Waals surface area contributed by atoms with E-state index < -0.39 is 11.5 Å². The van der Waals surface area contributed by atoms with Crippen molar-refractivity contribution in [1.82, 2.24) is 4.90 Å². The molecule has 0 fully saturated rings. The Bertz CT molecular complexity index is 243. The van der Waals surface area contributed by atoms with Crippen molar-refractivity contribution in [1.29, 1.82) is 0 Å². The first-order valence-corrected chi connectivity index (χ1v) is 4.46. The van der Waals surface area contributed by atoms with Crippen LogP contribution in [-0.2, 0) is 4.79 Å². The lowest BCUT2D eigenvalue weighted by molar-refractivity contribution is -0.138. The second kappa shape index (κ2) is 4.30. The van der Waals surface area contributed by atoms with E-state index in [4.69, 9.17) is 10.9 Å². The van der Waals surface area contributed by atoms with Crippen LogP contribution < -0.4 is 5.73 Å². The fourth-order valence-corrected chi connectivity index (χ4v) is 0.987. The molecular formula is C9H19N3O2. The average molecular weight is 201 g/mol. The van der Waals surface area contributed by atoms with Crippen LogP contribution in [0.25, 0.3) is 0 Å². The minimum absolute atomic E-state index is 0.0325. The summed E-state index contributed by atoms with van der Waals surface area (Å²) in [5, 5.41) is 11.3. The van der Waals surface area contributed by atoms with Crippen molar-refractivity contribution in [2.24, 2.45) is 16.3 Å². The molecule has 0 aromatic heterocycles. The van der Waals surface area contributed by atoms with Crippen LogP contribution in [0.2, 0.25) is 0 Å². The van der Waals surface area contributed by atoms with E-state index in [2.05, 4.69) is 5.16 Å². The van der Waals surface area contributed by atoms with Crippen molar-refractivity contribution in [3.8, 4) is 0 Å². The van der Waals surface area contributed by atoms with E-state index in [-0.39, 0.29) is 11.7 Å². The summed E-state index contributed by atoms with van der Waals surface area (Å²) in [7, 11) is 1.64. The second-order valence-corrected chi connectivity index (χ2v) is 4.37. The van der Waals surface area contributed by atoms with Crippen LogP contribution in [0.3, 0.4) is 0 Å². The van der Waals surface area contributed by atoms with Crippen LogP contribution >= 0.6 is 0 Å². The Morgan fingerprint density at radius 2 is 1.93 bits per heavy atom. The van der Waals surface area contributed by atoms with E-state index >= 15 is 0 Å². The van der Waals surface area contributed by atoms with Crippen molar-refractivity contribution in [2.45, 2.75) is 33.7 Å². The van der Waals surface area contributed by atoms with Gasteiger partial charge in [0, 0.05) is 12.5 Å². The number of carbonyl (C=O) groups excluding carboxylic acids is 1. The molecule has 0 spiro atoms. The van der Waals surface area contributed by atoms with Crippen LogP contribution in [0.1, 0.15) is 27.7 Å². The van der Waals surface area contributed by atoms with Crippen molar-refractivity contribution in [3.63, 3.8) is 0 Å². The summed E-state index contributed by atoms with van der Waals surface area (Å²) in [5.74, 6) is -0.0123. The molecule has 1 unspecified atom stereocenters. The van der Waals surface area contributed by atoms with Crippen LogP contribution in [0.15, 0.2) is 5.16 Å². The molecule has 0 aromatic carbocycles. The van der Waals surface area contributed by atoms with E-state index in [0.29, 0.717) is 0 Å². The van der Waals surface area contributed by atoms with Crippen LogP contribution in [0.4, 0.5) is 0 Å². The van der Waals surface area contributed by atoms with Crippen molar-refractivity contribution >= 4 is 11.7 Å². The summed E-state index contributed by atoms with van der Waals surface area (Å²) in [6.45, 7) is 7.18. The van der Waals surface area contributed by atoms with Gasteiger partial charge in [0.05, 0.1) is 6.04 Å². The van der Waals surface area contributed by atoms with E-state index in [0.717, 1.165) is 0 Å². The van der Waals surface area contributed by atoms with E-state index in [1.54, 1.807) is 14.0 Å². The van der Waals surface area contributed by atoms with Crippen molar-refractivity contribution < 1.29 is 10.0 Å². The molecular weight excluding hydrogens is 182 g/mol. The highest BCUT2D eigenvalue weighted by Crippen LogP contribution is 2.17. The minimum Gasteiger partial charge on any atom is -0.409 e. The Kier molecular flexibility index (Phi) is 3.92. The Labute approximate surface area is 84.6 Å². The quantitative estimate of drug-likeness (QED) is 0.297. The first kappa shape index (κ1) is 12.7. The standard InChI is InChI=1S/C9H19N3O2/c1-6(7(10)11-14)12(5)8(13)9(2,3)4/h6,14H,1-5H3,(H2,10,11). The molecule has 82 valence electrons. The molecule has 1 atom stereocenters. The molecule has 1 amide bonds. The van der Waals surface area contributed by atoms with Gasteiger partial charge in [-0.1, -0.05) is 25.9 Å². The van der Waals surface area contributed by atoms with E-state index in [9.17, 15) is 4.79 Å². The molecule has 3 N–H and O–H groups in total. The molecule has 5 heteroatoms. The van der Waals surface area contributed by atoms with Gasteiger partial charge >= 0.3 is 0 Å². The maximum atomic E-state index is 11.8. The number of amidine groups is 1. The smallest absolute Gasteiger partial charge is 0.228 e. The largest absolute Gasteiger partial charge is 0.409 e. The summed E-state index contributed by atoms with van der Waals surface area (Å²) >= 11 is 0. The van der Waals surface area contributed by atoms with Gasteiger partial charge in [0.2, 0.25) is 5.91 Å². The zero-order valence-corrected chi connectivity index (χ0v) is 9.40. The number of hydrogen-bond acceptors (Lipinski definition) is 3. The van der Waals surface area contributed by atoms with Gasteiger partial charge in [0.15, 0.2) is 5.84 Å². The number of oxime groups is 1. The Hall–Kier alpha value is -1.26. The molecule has 0 saturated heterocycles. The SMILES string of the molecule is CC(C(N)=NO)N(C)C(=O)C(C)(C)C. The van der Waals surface area contributed by atoms with Gasteiger partial charge in [0.1, 0.15) is 0 Å². The Balaban J connectivity index is 4.64. The summed E-state index contributed by atoms with van der Waals surface area (Å²) in [6.07, 6.45) is 0. The summed E-state index contributed by atoms with van der Waals surface area (Å²) in [5.41, 5.74) is 4.95. The summed E-state index contributed by atoms with van der Waals surface area (Å²) in [4.78, 5) is 13.2. The monoisotopic (exact) mass is 201 g/mol. The molecule has 0 aliphatic heterocycles. The van der Waals surface area contributed by atoms with Gasteiger partial charge in [-0.25, -0.2) is 0 Å². The molecule has 5 nitrogen and oxygen atoms in total. The van der Waals surface area contributed by atoms with E-state index in [1.807, 2.05) is 20.8 Å². The van der Waals surface area contributed by atoms with Gasteiger partial charge < -0.3 is 15.8 Å². The molecule has 14 heavy (non-hydrogen) atoms. The highest BCUT2D eigenvalue weighted by molar-refractivity contribution is 5.91. The molecule has 0 saturated carbocycles. The summed E-state index contributed by atoms with van der Waals surface area (Å²) < 4.78 is 0. The number of hydrogen-bond donors (Lipinski definition) is 2. The van der Waals surface area contributed by atoms with E-state index in [1.165, 1.54) is 4.90 Å². The third-order valence-electron chi connectivity index (χ3n) is 2.09. The number of carbonyl (C=O) groups is 1. The molecule has 0 heterocycles. The molecule has 0 bridgehead atoms. The zero-order valence-electron chi connectivity index (χ0n) is 9.40. The van der Waals surface area contributed by atoms with Crippen LogP contribution in [0.5, 0.6) is 0 Å².